The molecule has 21 rings (SSSR count). The second-order valence-electron chi connectivity index (χ2n) is 42.2. The predicted molar refractivity (Wildman–Crippen MR) is 540 cm³/mol. The van der Waals surface area contributed by atoms with Crippen LogP contribution in [0.4, 0.5) is 34.1 Å². The van der Waals surface area contributed by atoms with Gasteiger partial charge in [-0.05, 0) is 270 Å². The zero-order valence-electron chi connectivity index (χ0n) is 76.3. The predicted octanol–water partition coefficient (Wildman–Crippen LogP) is 30.8. The molecule has 0 radical (unpaired) electrons. The fourth-order valence-electron chi connectivity index (χ4n) is 21.0. The van der Waals surface area contributed by atoms with Crippen LogP contribution in [-0.4, -0.2) is 15.8 Å². The number of rotatable bonds is 10. The Bertz CT molecular complexity index is 6890. The minimum atomic E-state index is -0.798. The first kappa shape index (κ1) is 79.9. The molecule has 5 heteroatoms. The molecule has 0 saturated carbocycles. The van der Waals surface area contributed by atoms with Gasteiger partial charge in [0.25, 0.3) is 6.71 Å². The van der Waals surface area contributed by atoms with E-state index >= 15 is 0 Å². The maximum atomic E-state index is 2.71. The molecule has 618 valence electrons. The third kappa shape index (κ3) is 13.0. The Morgan fingerprint density at radius 2 is 0.516 bits per heavy atom. The number of hydrogen-bond acceptors (Lipinski definition) is 2. The monoisotopic (exact) mass is 1630 g/mol. The van der Waals surface area contributed by atoms with Gasteiger partial charge in [0.2, 0.25) is 0 Å². The third-order valence-corrected chi connectivity index (χ3v) is 27.9. The average Bonchev–Trinajstić information content (AvgIpc) is 1.54. The summed E-state index contributed by atoms with van der Waals surface area (Å²) in [6.45, 7) is 41.7. The average molecular weight is 1630 g/mol. The minimum absolute atomic E-state index is 0.0387. The summed E-state index contributed by atoms with van der Waals surface area (Å²) in [6, 6.07) is 135. The number of fused-ring (bicyclic) bond motifs is 13. The summed E-state index contributed by atoms with van der Waals surface area (Å²) in [5, 5.41) is 5.09. The molecule has 0 bridgehead atoms. The summed E-state index contributed by atoms with van der Waals surface area (Å²) >= 11 is 0. The van der Waals surface area contributed by atoms with Crippen LogP contribution in [0.5, 0.6) is 0 Å². The zero-order chi connectivity index (χ0) is 87.2. The van der Waals surface area contributed by atoms with Crippen molar-refractivity contribution in [3.05, 3.63) is 401 Å². The van der Waals surface area contributed by atoms with Crippen molar-refractivity contribution in [1.82, 2.24) is 9.13 Å². The molecule has 0 spiro atoms. The van der Waals surface area contributed by atoms with E-state index in [-0.39, 0.29) is 39.2 Å². The highest BCUT2D eigenvalue weighted by atomic mass is 15.2. The van der Waals surface area contributed by atoms with Gasteiger partial charge < -0.3 is 18.9 Å². The van der Waals surface area contributed by atoms with E-state index in [0.717, 1.165) is 78.9 Å². The lowest BCUT2D eigenvalue weighted by molar-refractivity contribution is 0.590. The molecule has 16 aromatic carbocycles. The van der Waals surface area contributed by atoms with Gasteiger partial charge in [-0.2, -0.15) is 0 Å². The maximum Gasteiger partial charge on any atom is 0.252 e. The highest BCUT2D eigenvalue weighted by molar-refractivity contribution is 7.00. The van der Waals surface area contributed by atoms with Crippen molar-refractivity contribution in [2.24, 2.45) is 0 Å². The second-order valence-corrected chi connectivity index (χ2v) is 42.2. The van der Waals surface area contributed by atoms with Crippen molar-refractivity contribution in [3.63, 3.8) is 0 Å². The van der Waals surface area contributed by atoms with Gasteiger partial charge in [-0.25, -0.2) is 0 Å². The van der Waals surface area contributed by atoms with Gasteiger partial charge in [-0.15, -0.1) is 0 Å². The summed E-state index contributed by atoms with van der Waals surface area (Å²) < 4.78 is 5.05. The summed E-state index contributed by atoms with van der Waals surface area (Å²) in [6.07, 6.45) is 0. The van der Waals surface area contributed by atoms with Crippen molar-refractivity contribution >= 4 is 101 Å². The highest BCUT2D eigenvalue weighted by Crippen LogP contribution is 2.60. The van der Waals surface area contributed by atoms with E-state index in [4.69, 9.17) is 0 Å². The summed E-state index contributed by atoms with van der Waals surface area (Å²) in [7, 11) is 0. The molecule has 0 unspecified atom stereocenters. The fourth-order valence-corrected chi connectivity index (χ4v) is 21.0. The van der Waals surface area contributed by atoms with E-state index < -0.39 is 5.41 Å². The molecule has 0 amide bonds. The van der Waals surface area contributed by atoms with Crippen LogP contribution in [0.3, 0.4) is 0 Å². The van der Waals surface area contributed by atoms with Gasteiger partial charge in [0.05, 0.1) is 38.9 Å². The quantitative estimate of drug-likeness (QED) is 0.127. The molecule has 0 N–H and O–H groups in total. The largest absolute Gasteiger partial charge is 0.311 e. The Balaban J connectivity index is 0.887. The van der Waals surface area contributed by atoms with E-state index in [0.29, 0.717) is 0 Å². The molecule has 0 saturated heterocycles. The van der Waals surface area contributed by atoms with E-state index in [1.54, 1.807) is 0 Å². The SMILES string of the molecule is CC(C)(C)c1ccc(N2c3ccc(-c4cccc(-n5c6ccc(C(C)(C)C)cc6c6cc(C(C)(C)C)ccc65)c4)cc3B3c4cc(-c5cccc(-n6c7ccc(C(C)(C)C)cc7c7cc(C(C)(C)C)ccc76)c5)ccc4N(c4ccc(C(C)(C)C)cc4-c4ccccc4)c4cc(C5(c6ccccc6)c6ccccc6-c6ccccc65)cc2c43)c(-c2ccccc2)c1. The van der Waals surface area contributed by atoms with E-state index in [1.807, 2.05) is 0 Å². The van der Waals surface area contributed by atoms with Crippen molar-refractivity contribution in [1.29, 1.82) is 0 Å². The van der Waals surface area contributed by atoms with Gasteiger partial charge in [-0.3, -0.25) is 0 Å². The van der Waals surface area contributed by atoms with Crippen LogP contribution in [0.15, 0.2) is 346 Å². The summed E-state index contributed by atoms with van der Waals surface area (Å²) in [4.78, 5) is 5.42. The topological polar surface area (TPSA) is 16.3 Å². The van der Waals surface area contributed by atoms with Crippen LogP contribution in [-0.2, 0) is 37.9 Å². The molecular formula is C121H111BN4. The van der Waals surface area contributed by atoms with E-state index in [1.165, 1.54) is 138 Å². The van der Waals surface area contributed by atoms with Crippen LogP contribution in [0.2, 0.25) is 0 Å². The number of anilines is 6. The number of benzene rings is 16. The minimum Gasteiger partial charge on any atom is -0.311 e. The number of hydrogen-bond donors (Lipinski definition) is 0. The highest BCUT2D eigenvalue weighted by Gasteiger charge is 2.51. The normalized spacial score (nSPS) is 13.8. The Morgan fingerprint density at radius 1 is 0.214 bits per heavy atom. The molecule has 4 heterocycles. The first-order chi connectivity index (χ1) is 60.3. The molecule has 4 nitrogen and oxygen atoms in total. The van der Waals surface area contributed by atoms with Crippen LogP contribution in [0.1, 0.15) is 180 Å². The van der Waals surface area contributed by atoms with Gasteiger partial charge in [0.1, 0.15) is 0 Å². The lowest BCUT2D eigenvalue weighted by atomic mass is 9.33. The molecule has 1 aliphatic carbocycles. The van der Waals surface area contributed by atoms with Crippen LogP contribution in [0, 0.1) is 0 Å². The molecule has 126 heavy (non-hydrogen) atoms. The fraction of sp³-hybridized carbons (Fsp3) is 0.207. The van der Waals surface area contributed by atoms with E-state index in [2.05, 4.69) is 489 Å². The van der Waals surface area contributed by atoms with Crippen molar-refractivity contribution in [2.75, 3.05) is 9.80 Å². The van der Waals surface area contributed by atoms with Crippen LogP contribution in [0.25, 0.3) is 111 Å². The number of aromatic nitrogens is 2. The first-order valence-electron chi connectivity index (χ1n) is 45.4. The maximum absolute atomic E-state index is 2.71. The van der Waals surface area contributed by atoms with Crippen molar-refractivity contribution in [2.45, 2.75) is 163 Å². The number of nitrogens with zero attached hydrogens (tertiary/aromatic N) is 4. The Hall–Kier alpha value is -13.2. The lowest BCUT2D eigenvalue weighted by Gasteiger charge is -2.46. The van der Waals surface area contributed by atoms with Crippen molar-refractivity contribution < 1.29 is 0 Å². The molecule has 2 aliphatic heterocycles. The lowest BCUT2D eigenvalue weighted by Crippen LogP contribution is -2.61. The van der Waals surface area contributed by atoms with E-state index in [9.17, 15) is 0 Å². The first-order valence-corrected chi connectivity index (χ1v) is 45.4. The van der Waals surface area contributed by atoms with Gasteiger partial charge in [0, 0.05) is 66.8 Å². The summed E-state index contributed by atoms with van der Waals surface area (Å²) in [5.74, 6) is 0. The molecule has 18 aromatic rings. The molecule has 2 aromatic heterocycles. The molecule has 3 aliphatic rings. The standard InChI is InChI=1S/C121H111BN4/c1-115(2,3)83-50-58-104(94(68-83)76-34-22-19-23-35-76)125-110-56-48-80(78-38-32-42-90(64-78)123-106-60-52-85(117(7,8)9)70-96(106)97-71-86(118(10,11)12)53-61-107(97)123)66-102(110)122-103-67-81(79-39-33-43-91(65-79)124-108-62-54-87(119(13,14)15)72-98(108)99-73-88(120(16,17)18)55-63-109(99)124)49-57-111(103)126(105-59-51-84(116(4,5)6)69-95(105)77-36-24-20-25-37-77)113-75-89(74-112(125)114(113)122)121(82-40-26-21-27-41-82)100-46-30-28-44-92(100)93-45-29-31-47-101(93)121/h19-75H,1-18H3. The van der Waals surface area contributed by atoms with Gasteiger partial charge in [-0.1, -0.05) is 349 Å². The third-order valence-electron chi connectivity index (χ3n) is 27.9. The Morgan fingerprint density at radius 3 is 0.873 bits per heavy atom. The Labute approximate surface area is 745 Å². The molecule has 0 atom stereocenters. The smallest absolute Gasteiger partial charge is 0.252 e. The van der Waals surface area contributed by atoms with Gasteiger partial charge in [0.15, 0.2) is 0 Å². The van der Waals surface area contributed by atoms with Gasteiger partial charge >= 0.3 is 0 Å². The summed E-state index contributed by atoms with van der Waals surface area (Å²) in [5.41, 5.74) is 40.7. The zero-order valence-corrected chi connectivity index (χ0v) is 76.3. The van der Waals surface area contributed by atoms with Crippen LogP contribution >= 0.6 is 0 Å². The van der Waals surface area contributed by atoms with Crippen LogP contribution < -0.4 is 26.2 Å². The Kier molecular flexibility index (Phi) is 18.4. The second kappa shape index (κ2) is 28.9. The molecular weight excluding hydrogens is 1520 g/mol. The molecule has 0 fully saturated rings. The van der Waals surface area contributed by atoms with Crippen molar-refractivity contribution in [3.8, 4) is 67.0 Å².